The highest BCUT2D eigenvalue weighted by molar-refractivity contribution is 9.10. The summed E-state index contributed by atoms with van der Waals surface area (Å²) >= 11 is 3.39. The summed E-state index contributed by atoms with van der Waals surface area (Å²) in [5, 5.41) is 10.4. The molecule has 3 rings (SSSR count). The second kappa shape index (κ2) is 8.70. The van der Waals surface area contributed by atoms with Crippen molar-refractivity contribution in [3.63, 3.8) is 0 Å². The van der Waals surface area contributed by atoms with E-state index < -0.39 is 6.10 Å². The van der Waals surface area contributed by atoms with Gasteiger partial charge < -0.3 is 14.4 Å². The molecule has 0 saturated heterocycles. The first-order valence-corrected chi connectivity index (χ1v) is 8.85. The standard InChI is InChI=1S/C19H21BrN2O2.ClH/c1-13(2)19-21-17-5-3-4-6-18(17)22(19)11-15(23)12-24-16-9-7-14(20)8-10-16;/h3-10,13,15,23H,11-12H2,1-2H3;1H. The lowest BCUT2D eigenvalue weighted by Gasteiger charge is -2.17. The Morgan fingerprint density at radius 1 is 1.12 bits per heavy atom. The molecule has 0 radical (unpaired) electrons. The fourth-order valence-electron chi connectivity index (χ4n) is 2.71. The van der Waals surface area contributed by atoms with Gasteiger partial charge in [0.1, 0.15) is 24.3 Å². The van der Waals surface area contributed by atoms with Crippen LogP contribution >= 0.6 is 28.3 Å². The van der Waals surface area contributed by atoms with E-state index in [0.717, 1.165) is 27.1 Å². The van der Waals surface area contributed by atoms with Crippen LogP contribution in [0, 0.1) is 0 Å². The number of para-hydroxylation sites is 2. The lowest BCUT2D eigenvalue weighted by Crippen LogP contribution is -2.24. The Labute approximate surface area is 162 Å². The number of aromatic nitrogens is 2. The normalized spacial score (nSPS) is 12.2. The highest BCUT2D eigenvalue weighted by Gasteiger charge is 2.16. The molecule has 4 nitrogen and oxygen atoms in total. The Morgan fingerprint density at radius 2 is 1.80 bits per heavy atom. The van der Waals surface area contributed by atoms with E-state index in [4.69, 9.17) is 9.72 Å². The summed E-state index contributed by atoms with van der Waals surface area (Å²) in [6.07, 6.45) is -0.608. The molecule has 0 aliphatic heterocycles. The maximum Gasteiger partial charge on any atom is 0.119 e. The maximum absolute atomic E-state index is 10.4. The first-order chi connectivity index (χ1) is 11.5. The average molecular weight is 426 g/mol. The second-order valence-corrected chi connectivity index (χ2v) is 7.06. The van der Waals surface area contributed by atoms with Crippen molar-refractivity contribution in [3.05, 3.63) is 58.8 Å². The highest BCUT2D eigenvalue weighted by Crippen LogP contribution is 2.22. The number of rotatable bonds is 6. The fraction of sp³-hybridized carbons (Fsp3) is 0.316. The van der Waals surface area contributed by atoms with Crippen LogP contribution < -0.4 is 4.74 Å². The first kappa shape index (κ1) is 19.8. The van der Waals surface area contributed by atoms with Crippen molar-refractivity contribution in [1.82, 2.24) is 9.55 Å². The molecule has 0 spiro atoms. The van der Waals surface area contributed by atoms with Crippen molar-refractivity contribution in [3.8, 4) is 5.75 Å². The third-order valence-electron chi connectivity index (χ3n) is 3.85. The molecule has 1 heterocycles. The third kappa shape index (κ3) is 4.75. The number of hydrogen-bond acceptors (Lipinski definition) is 3. The van der Waals surface area contributed by atoms with E-state index in [1.54, 1.807) is 0 Å². The molecule has 0 saturated carbocycles. The molecule has 0 bridgehead atoms. The van der Waals surface area contributed by atoms with Crippen molar-refractivity contribution in [2.75, 3.05) is 6.61 Å². The number of fused-ring (bicyclic) bond motifs is 1. The predicted molar refractivity (Wildman–Crippen MR) is 107 cm³/mol. The van der Waals surface area contributed by atoms with E-state index >= 15 is 0 Å². The van der Waals surface area contributed by atoms with Crippen molar-refractivity contribution in [2.24, 2.45) is 0 Å². The minimum Gasteiger partial charge on any atom is -0.491 e. The predicted octanol–water partition coefficient (Wildman–Crippen LogP) is 4.78. The van der Waals surface area contributed by atoms with Crippen LogP contribution in [-0.2, 0) is 6.54 Å². The van der Waals surface area contributed by atoms with Gasteiger partial charge in [-0.2, -0.15) is 0 Å². The number of nitrogens with zero attached hydrogens (tertiary/aromatic N) is 2. The molecule has 1 N–H and O–H groups in total. The molecule has 0 aliphatic rings. The van der Waals surface area contributed by atoms with Crippen LogP contribution in [0.3, 0.4) is 0 Å². The summed E-state index contributed by atoms with van der Waals surface area (Å²) in [6, 6.07) is 15.6. The minimum absolute atomic E-state index is 0. The maximum atomic E-state index is 10.4. The summed E-state index contributed by atoms with van der Waals surface area (Å²) in [7, 11) is 0. The van der Waals surface area contributed by atoms with Gasteiger partial charge in [-0.1, -0.05) is 41.9 Å². The Hall–Kier alpha value is -1.56. The molecular formula is C19H22BrClN2O2. The smallest absolute Gasteiger partial charge is 0.119 e. The van der Waals surface area contributed by atoms with Gasteiger partial charge in [0.15, 0.2) is 0 Å². The lowest BCUT2D eigenvalue weighted by atomic mass is 10.2. The van der Waals surface area contributed by atoms with Crippen molar-refractivity contribution >= 4 is 39.4 Å². The number of halogens is 2. The highest BCUT2D eigenvalue weighted by atomic mass is 79.9. The van der Waals surface area contributed by atoms with E-state index in [-0.39, 0.29) is 24.9 Å². The van der Waals surface area contributed by atoms with Gasteiger partial charge in [0.05, 0.1) is 17.6 Å². The molecule has 3 aromatic rings. The molecular weight excluding hydrogens is 404 g/mol. The van der Waals surface area contributed by atoms with Crippen LogP contribution in [0.5, 0.6) is 5.75 Å². The van der Waals surface area contributed by atoms with E-state index in [9.17, 15) is 5.11 Å². The zero-order chi connectivity index (χ0) is 17.1. The van der Waals surface area contributed by atoms with Crippen LogP contribution in [0.15, 0.2) is 53.0 Å². The van der Waals surface area contributed by atoms with Gasteiger partial charge in [0.2, 0.25) is 0 Å². The van der Waals surface area contributed by atoms with Crippen LogP contribution in [0.2, 0.25) is 0 Å². The molecule has 6 heteroatoms. The largest absolute Gasteiger partial charge is 0.491 e. The topological polar surface area (TPSA) is 47.3 Å². The fourth-order valence-corrected chi connectivity index (χ4v) is 2.98. The van der Waals surface area contributed by atoms with Gasteiger partial charge in [-0.15, -0.1) is 12.4 Å². The summed E-state index contributed by atoms with van der Waals surface area (Å²) in [4.78, 5) is 4.70. The van der Waals surface area contributed by atoms with Gasteiger partial charge in [-0.25, -0.2) is 4.98 Å². The first-order valence-electron chi connectivity index (χ1n) is 8.06. The molecule has 134 valence electrons. The number of hydrogen-bond donors (Lipinski definition) is 1. The number of aliphatic hydroxyl groups excluding tert-OH is 1. The van der Waals surface area contributed by atoms with Crippen LogP contribution in [-0.4, -0.2) is 27.4 Å². The summed E-state index contributed by atoms with van der Waals surface area (Å²) < 4.78 is 8.77. The third-order valence-corrected chi connectivity index (χ3v) is 4.38. The van der Waals surface area contributed by atoms with E-state index in [1.165, 1.54) is 0 Å². The number of imidazole rings is 1. The van der Waals surface area contributed by atoms with Gasteiger partial charge >= 0.3 is 0 Å². The van der Waals surface area contributed by atoms with Crippen molar-refractivity contribution in [1.29, 1.82) is 0 Å². The van der Waals surface area contributed by atoms with Crippen LogP contribution in [0.4, 0.5) is 0 Å². The average Bonchev–Trinajstić information content (AvgIpc) is 2.93. The monoisotopic (exact) mass is 424 g/mol. The second-order valence-electron chi connectivity index (χ2n) is 6.14. The number of aliphatic hydroxyl groups is 1. The molecule has 1 aromatic heterocycles. The molecule has 2 aromatic carbocycles. The van der Waals surface area contributed by atoms with Crippen molar-refractivity contribution < 1.29 is 9.84 Å². The van der Waals surface area contributed by atoms with Crippen LogP contribution in [0.1, 0.15) is 25.6 Å². The summed E-state index contributed by atoms with van der Waals surface area (Å²) in [6.45, 7) is 4.93. The molecule has 1 atom stereocenters. The van der Waals surface area contributed by atoms with Crippen LogP contribution in [0.25, 0.3) is 11.0 Å². The Kier molecular flexibility index (Phi) is 6.87. The SMILES string of the molecule is CC(C)c1nc2ccccc2n1CC(O)COc1ccc(Br)cc1.Cl. The van der Waals surface area contributed by atoms with Gasteiger partial charge in [-0.05, 0) is 36.4 Å². The summed E-state index contributed by atoms with van der Waals surface area (Å²) in [5.74, 6) is 2.02. The Balaban J connectivity index is 0.00000225. The lowest BCUT2D eigenvalue weighted by molar-refractivity contribution is 0.0925. The van der Waals surface area contributed by atoms with Crippen molar-refractivity contribution in [2.45, 2.75) is 32.4 Å². The Morgan fingerprint density at radius 3 is 2.48 bits per heavy atom. The molecule has 0 amide bonds. The molecule has 25 heavy (non-hydrogen) atoms. The summed E-state index contributed by atoms with van der Waals surface area (Å²) in [5.41, 5.74) is 2.01. The minimum atomic E-state index is -0.608. The van der Waals surface area contributed by atoms with E-state index in [0.29, 0.717) is 6.54 Å². The quantitative estimate of drug-likeness (QED) is 0.618. The Bertz CT molecular complexity index is 818. The zero-order valence-electron chi connectivity index (χ0n) is 14.2. The molecule has 0 aliphatic carbocycles. The van der Waals surface area contributed by atoms with Gasteiger partial charge in [0.25, 0.3) is 0 Å². The molecule has 0 fully saturated rings. The number of ether oxygens (including phenoxy) is 1. The van der Waals surface area contributed by atoms with Gasteiger partial charge in [-0.3, -0.25) is 0 Å². The zero-order valence-corrected chi connectivity index (χ0v) is 16.6. The van der Waals surface area contributed by atoms with E-state index in [2.05, 4.69) is 34.3 Å². The van der Waals surface area contributed by atoms with Gasteiger partial charge in [0, 0.05) is 10.4 Å². The molecule has 1 unspecified atom stereocenters. The van der Waals surface area contributed by atoms with E-state index in [1.807, 2.05) is 48.5 Å². The number of benzene rings is 2.